The normalized spacial score (nSPS) is 11.9. The van der Waals surface area contributed by atoms with Crippen LogP contribution in [0.25, 0.3) is 0 Å². The Kier molecular flexibility index (Phi) is 7.69. The fraction of sp³-hybridized carbons (Fsp3) is 0.786. The summed E-state index contributed by atoms with van der Waals surface area (Å²) >= 11 is 0. The quantitative estimate of drug-likeness (QED) is 0.433. The van der Waals surface area contributed by atoms with Gasteiger partial charge in [-0.1, -0.05) is 26.7 Å². The van der Waals surface area contributed by atoms with Gasteiger partial charge in [0.1, 0.15) is 6.33 Å². The fourth-order valence-corrected chi connectivity index (χ4v) is 1.95. The monoisotopic (exact) mass is 280 g/mol. The van der Waals surface area contributed by atoms with Gasteiger partial charge in [-0.05, 0) is 19.3 Å². The van der Waals surface area contributed by atoms with Crippen LogP contribution in [0.1, 0.15) is 45.9 Å². The SMILES string of the molecule is CCn1cnnc1CNC(=NC)NCCCCC(C)C. The lowest BCUT2D eigenvalue weighted by Crippen LogP contribution is -2.37. The van der Waals surface area contributed by atoms with E-state index in [1.54, 1.807) is 13.4 Å². The van der Waals surface area contributed by atoms with Crippen LogP contribution in [-0.4, -0.2) is 34.3 Å². The van der Waals surface area contributed by atoms with Crippen molar-refractivity contribution in [3.63, 3.8) is 0 Å². The molecule has 0 radical (unpaired) electrons. The van der Waals surface area contributed by atoms with Crippen LogP contribution in [-0.2, 0) is 13.1 Å². The van der Waals surface area contributed by atoms with Gasteiger partial charge >= 0.3 is 0 Å². The van der Waals surface area contributed by atoms with E-state index in [1.165, 1.54) is 19.3 Å². The van der Waals surface area contributed by atoms with Gasteiger partial charge in [-0.15, -0.1) is 10.2 Å². The highest BCUT2D eigenvalue weighted by atomic mass is 15.3. The Morgan fingerprint density at radius 1 is 1.35 bits per heavy atom. The number of unbranched alkanes of at least 4 members (excludes halogenated alkanes) is 1. The number of aliphatic imine (C=N–C) groups is 1. The van der Waals surface area contributed by atoms with Gasteiger partial charge in [-0.2, -0.15) is 0 Å². The van der Waals surface area contributed by atoms with Gasteiger partial charge < -0.3 is 15.2 Å². The average molecular weight is 280 g/mol. The van der Waals surface area contributed by atoms with E-state index in [4.69, 9.17) is 0 Å². The second kappa shape index (κ2) is 9.34. The van der Waals surface area contributed by atoms with E-state index in [0.29, 0.717) is 6.54 Å². The van der Waals surface area contributed by atoms with Crippen molar-refractivity contribution in [1.29, 1.82) is 0 Å². The lowest BCUT2D eigenvalue weighted by molar-refractivity contribution is 0.534. The third-order valence-electron chi connectivity index (χ3n) is 3.17. The Balaban J connectivity index is 2.23. The first kappa shape index (κ1) is 16.5. The van der Waals surface area contributed by atoms with Crippen molar-refractivity contribution in [1.82, 2.24) is 25.4 Å². The summed E-state index contributed by atoms with van der Waals surface area (Å²) in [5.41, 5.74) is 0. The first-order valence-corrected chi connectivity index (χ1v) is 7.48. The highest BCUT2D eigenvalue weighted by Gasteiger charge is 2.03. The molecule has 2 N–H and O–H groups in total. The molecule has 1 aromatic heterocycles. The molecule has 1 rings (SSSR count). The third kappa shape index (κ3) is 6.04. The fourth-order valence-electron chi connectivity index (χ4n) is 1.95. The Morgan fingerprint density at radius 2 is 2.15 bits per heavy atom. The van der Waals surface area contributed by atoms with E-state index in [2.05, 4.69) is 46.6 Å². The lowest BCUT2D eigenvalue weighted by atomic mass is 10.1. The number of guanidine groups is 1. The second-order valence-electron chi connectivity index (χ2n) is 5.28. The van der Waals surface area contributed by atoms with Crippen LogP contribution < -0.4 is 10.6 Å². The molecule has 0 saturated carbocycles. The molecule has 1 aromatic rings. The molecule has 0 aliphatic heterocycles. The molecule has 6 nitrogen and oxygen atoms in total. The van der Waals surface area contributed by atoms with Gasteiger partial charge in [0.25, 0.3) is 0 Å². The Hall–Kier alpha value is -1.59. The van der Waals surface area contributed by atoms with Crippen molar-refractivity contribution in [2.45, 2.75) is 53.1 Å². The minimum atomic E-state index is 0.638. The van der Waals surface area contributed by atoms with Crippen molar-refractivity contribution in [3.05, 3.63) is 12.2 Å². The minimum absolute atomic E-state index is 0.638. The topological polar surface area (TPSA) is 67.1 Å². The largest absolute Gasteiger partial charge is 0.356 e. The average Bonchev–Trinajstić information content (AvgIpc) is 2.89. The van der Waals surface area contributed by atoms with Crippen molar-refractivity contribution in [2.24, 2.45) is 10.9 Å². The van der Waals surface area contributed by atoms with E-state index in [-0.39, 0.29) is 0 Å². The Bertz CT molecular complexity index is 396. The maximum Gasteiger partial charge on any atom is 0.191 e. The van der Waals surface area contributed by atoms with Crippen LogP contribution in [0.4, 0.5) is 0 Å². The summed E-state index contributed by atoms with van der Waals surface area (Å²) in [6, 6.07) is 0. The van der Waals surface area contributed by atoms with Gasteiger partial charge in [-0.25, -0.2) is 0 Å². The van der Waals surface area contributed by atoms with Crippen molar-refractivity contribution in [2.75, 3.05) is 13.6 Å². The summed E-state index contributed by atoms with van der Waals surface area (Å²) in [7, 11) is 1.79. The zero-order valence-corrected chi connectivity index (χ0v) is 13.2. The first-order chi connectivity index (χ1) is 9.67. The summed E-state index contributed by atoms with van der Waals surface area (Å²) in [6.45, 7) is 9.07. The number of hydrogen-bond acceptors (Lipinski definition) is 3. The number of nitrogens with zero attached hydrogens (tertiary/aromatic N) is 4. The number of aromatic nitrogens is 3. The van der Waals surface area contributed by atoms with E-state index < -0.39 is 0 Å². The van der Waals surface area contributed by atoms with Crippen LogP contribution in [0.5, 0.6) is 0 Å². The maximum absolute atomic E-state index is 4.21. The molecular formula is C14H28N6. The molecule has 6 heteroatoms. The zero-order valence-electron chi connectivity index (χ0n) is 13.2. The Morgan fingerprint density at radius 3 is 2.80 bits per heavy atom. The van der Waals surface area contributed by atoms with Crippen molar-refractivity contribution < 1.29 is 0 Å². The molecule has 0 aliphatic rings. The molecule has 0 aliphatic carbocycles. The van der Waals surface area contributed by atoms with Crippen molar-refractivity contribution >= 4 is 5.96 Å². The van der Waals surface area contributed by atoms with Crippen LogP contribution in [0.15, 0.2) is 11.3 Å². The number of hydrogen-bond donors (Lipinski definition) is 2. The van der Waals surface area contributed by atoms with Crippen LogP contribution in [0.2, 0.25) is 0 Å². The summed E-state index contributed by atoms with van der Waals surface area (Å²) < 4.78 is 2.02. The molecule has 0 unspecified atom stereocenters. The van der Waals surface area contributed by atoms with E-state index >= 15 is 0 Å². The molecule has 0 atom stereocenters. The number of rotatable bonds is 8. The molecular weight excluding hydrogens is 252 g/mol. The highest BCUT2D eigenvalue weighted by molar-refractivity contribution is 5.79. The van der Waals surface area contributed by atoms with E-state index in [9.17, 15) is 0 Å². The molecule has 0 saturated heterocycles. The first-order valence-electron chi connectivity index (χ1n) is 7.48. The van der Waals surface area contributed by atoms with Gasteiger partial charge in [0.15, 0.2) is 11.8 Å². The van der Waals surface area contributed by atoms with Gasteiger partial charge in [-0.3, -0.25) is 4.99 Å². The maximum atomic E-state index is 4.21. The molecule has 114 valence electrons. The van der Waals surface area contributed by atoms with Gasteiger partial charge in [0, 0.05) is 20.1 Å². The lowest BCUT2D eigenvalue weighted by Gasteiger charge is -2.12. The summed E-state index contributed by atoms with van der Waals surface area (Å²) in [5, 5.41) is 14.6. The van der Waals surface area contributed by atoms with Crippen LogP contribution >= 0.6 is 0 Å². The number of nitrogens with one attached hydrogen (secondary N) is 2. The zero-order chi connectivity index (χ0) is 14.8. The predicted molar refractivity (Wildman–Crippen MR) is 82.6 cm³/mol. The van der Waals surface area contributed by atoms with Gasteiger partial charge in [0.2, 0.25) is 0 Å². The predicted octanol–water partition coefficient (Wildman–Crippen LogP) is 1.79. The highest BCUT2D eigenvalue weighted by Crippen LogP contribution is 2.04. The van der Waals surface area contributed by atoms with E-state index in [0.717, 1.165) is 30.8 Å². The molecule has 0 fully saturated rings. The molecule has 0 amide bonds. The smallest absolute Gasteiger partial charge is 0.191 e. The molecule has 20 heavy (non-hydrogen) atoms. The van der Waals surface area contributed by atoms with Crippen molar-refractivity contribution in [3.8, 4) is 0 Å². The summed E-state index contributed by atoms with van der Waals surface area (Å²) in [6.07, 6.45) is 5.46. The van der Waals surface area contributed by atoms with Crippen LogP contribution in [0.3, 0.4) is 0 Å². The standard InChI is InChI=1S/C14H28N6/c1-5-20-11-18-19-13(20)10-17-14(15-4)16-9-7-6-8-12(2)3/h11-12H,5-10H2,1-4H3,(H2,15,16,17). The minimum Gasteiger partial charge on any atom is -0.356 e. The van der Waals surface area contributed by atoms with Gasteiger partial charge in [0.05, 0.1) is 6.54 Å². The molecule has 0 bridgehead atoms. The second-order valence-corrected chi connectivity index (χ2v) is 5.28. The Labute approximate surface area is 122 Å². The summed E-state index contributed by atoms with van der Waals surface area (Å²) in [4.78, 5) is 4.21. The summed E-state index contributed by atoms with van der Waals surface area (Å²) in [5.74, 6) is 2.53. The van der Waals surface area contributed by atoms with E-state index in [1.807, 2.05) is 4.57 Å². The third-order valence-corrected chi connectivity index (χ3v) is 3.17. The number of aryl methyl sites for hydroxylation is 1. The molecule has 0 spiro atoms. The van der Waals surface area contributed by atoms with Crippen LogP contribution in [0, 0.1) is 5.92 Å². The molecule has 1 heterocycles. The molecule has 0 aromatic carbocycles.